The van der Waals surface area contributed by atoms with Crippen LogP contribution in [0.15, 0.2) is 6.07 Å². The Morgan fingerprint density at radius 1 is 1.58 bits per heavy atom. The monoisotopic (exact) mass is 264 g/mol. The van der Waals surface area contributed by atoms with Crippen LogP contribution < -0.4 is 5.73 Å². The number of aromatic amines is 1. The maximum absolute atomic E-state index is 11.5. The second kappa shape index (κ2) is 4.15. The first-order chi connectivity index (χ1) is 8.99. The predicted molar refractivity (Wildman–Crippen MR) is 70.9 cm³/mol. The Morgan fingerprint density at radius 2 is 2.32 bits per heavy atom. The summed E-state index contributed by atoms with van der Waals surface area (Å²) in [6.07, 6.45) is 3.93. The summed E-state index contributed by atoms with van der Waals surface area (Å²) < 4.78 is 0. The van der Waals surface area contributed by atoms with E-state index in [1.807, 2.05) is 13.0 Å². The molecule has 19 heavy (non-hydrogen) atoms. The van der Waals surface area contributed by atoms with Crippen LogP contribution in [-0.4, -0.2) is 37.9 Å². The van der Waals surface area contributed by atoms with Crippen LogP contribution >= 0.6 is 0 Å². The SMILES string of the molecule is CC1(N(C(=O)O)[C@@H]2CC[C@H](c3cc(N)[nH]n3)C2)CC1. The molecule has 0 unspecified atom stereocenters. The number of H-pyrrole nitrogens is 1. The Balaban J connectivity index is 1.72. The van der Waals surface area contributed by atoms with E-state index in [9.17, 15) is 9.90 Å². The molecular formula is C13H20N4O2. The molecule has 2 saturated carbocycles. The number of hydrogen-bond donors (Lipinski definition) is 3. The molecule has 2 aliphatic rings. The van der Waals surface area contributed by atoms with Gasteiger partial charge in [-0.25, -0.2) is 4.79 Å². The van der Waals surface area contributed by atoms with Crippen molar-refractivity contribution in [2.75, 3.05) is 5.73 Å². The number of carboxylic acid groups (broad SMARTS) is 1. The fourth-order valence-electron chi connectivity index (χ4n) is 3.27. The van der Waals surface area contributed by atoms with E-state index in [-0.39, 0.29) is 11.6 Å². The normalized spacial score (nSPS) is 28.3. The molecule has 2 aliphatic carbocycles. The number of carbonyl (C=O) groups is 1. The zero-order valence-electron chi connectivity index (χ0n) is 11.1. The zero-order valence-corrected chi connectivity index (χ0v) is 11.1. The standard InChI is InChI=1S/C13H20N4O2/c1-13(4-5-13)17(12(18)19)9-3-2-8(6-9)10-7-11(14)16-15-10/h7-9H,2-6H2,1H3,(H,18,19)(H3,14,15,16)/t8-,9+/m0/s1. The van der Waals surface area contributed by atoms with Gasteiger partial charge in [-0.15, -0.1) is 0 Å². The molecule has 1 aromatic heterocycles. The molecule has 1 amide bonds. The highest BCUT2D eigenvalue weighted by molar-refractivity contribution is 5.67. The van der Waals surface area contributed by atoms with Gasteiger partial charge in [-0.1, -0.05) is 0 Å². The predicted octanol–water partition coefficient (Wildman–Crippen LogP) is 2.16. The van der Waals surface area contributed by atoms with Crippen LogP contribution in [0.25, 0.3) is 0 Å². The van der Waals surface area contributed by atoms with Crippen LogP contribution in [0.3, 0.4) is 0 Å². The number of amides is 1. The van der Waals surface area contributed by atoms with Gasteiger partial charge < -0.3 is 10.8 Å². The van der Waals surface area contributed by atoms with Crippen molar-refractivity contribution in [3.05, 3.63) is 11.8 Å². The van der Waals surface area contributed by atoms with E-state index in [1.165, 1.54) is 0 Å². The molecule has 6 heteroatoms. The minimum atomic E-state index is -0.785. The van der Waals surface area contributed by atoms with Gasteiger partial charge in [0.1, 0.15) is 5.82 Å². The number of nitrogen functional groups attached to an aromatic ring is 1. The fourth-order valence-corrected chi connectivity index (χ4v) is 3.27. The molecule has 2 atom stereocenters. The number of nitrogens with one attached hydrogen (secondary N) is 1. The largest absolute Gasteiger partial charge is 0.465 e. The summed E-state index contributed by atoms with van der Waals surface area (Å²) >= 11 is 0. The third kappa shape index (κ3) is 2.15. The summed E-state index contributed by atoms with van der Waals surface area (Å²) in [5.41, 5.74) is 6.48. The van der Waals surface area contributed by atoms with Gasteiger partial charge in [0.2, 0.25) is 0 Å². The summed E-state index contributed by atoms with van der Waals surface area (Å²) in [4.78, 5) is 13.2. The third-order valence-electron chi connectivity index (χ3n) is 4.57. The van der Waals surface area contributed by atoms with Crippen LogP contribution in [0.4, 0.5) is 10.6 Å². The maximum atomic E-state index is 11.5. The van der Waals surface area contributed by atoms with Gasteiger partial charge in [-0.3, -0.25) is 10.00 Å². The second-order valence-electron chi connectivity index (χ2n) is 6.06. The van der Waals surface area contributed by atoms with Crippen LogP contribution in [0.2, 0.25) is 0 Å². The van der Waals surface area contributed by atoms with Crippen molar-refractivity contribution in [1.82, 2.24) is 15.1 Å². The van der Waals surface area contributed by atoms with Crippen molar-refractivity contribution < 1.29 is 9.90 Å². The molecule has 1 heterocycles. The minimum absolute atomic E-state index is 0.118. The first-order valence-electron chi connectivity index (χ1n) is 6.83. The highest BCUT2D eigenvalue weighted by atomic mass is 16.4. The first-order valence-corrected chi connectivity index (χ1v) is 6.83. The van der Waals surface area contributed by atoms with Crippen molar-refractivity contribution in [1.29, 1.82) is 0 Å². The molecule has 0 aliphatic heterocycles. The molecule has 104 valence electrons. The third-order valence-corrected chi connectivity index (χ3v) is 4.57. The second-order valence-corrected chi connectivity index (χ2v) is 6.06. The van der Waals surface area contributed by atoms with E-state index in [0.29, 0.717) is 11.7 Å². The molecule has 1 aromatic rings. The number of nitrogens with zero attached hydrogens (tertiary/aromatic N) is 2. The average Bonchev–Trinajstić information content (AvgIpc) is 2.79. The van der Waals surface area contributed by atoms with Gasteiger partial charge in [-0.2, -0.15) is 5.10 Å². The van der Waals surface area contributed by atoms with Crippen molar-refractivity contribution in [2.45, 2.75) is 56.5 Å². The molecule has 2 fully saturated rings. The van der Waals surface area contributed by atoms with E-state index < -0.39 is 6.09 Å². The highest BCUT2D eigenvalue weighted by Gasteiger charge is 2.50. The lowest BCUT2D eigenvalue weighted by molar-refractivity contribution is 0.0955. The summed E-state index contributed by atoms with van der Waals surface area (Å²) in [6, 6.07) is 1.98. The van der Waals surface area contributed by atoms with Crippen molar-refractivity contribution in [2.24, 2.45) is 0 Å². The van der Waals surface area contributed by atoms with E-state index in [1.54, 1.807) is 4.90 Å². The number of rotatable bonds is 3. The van der Waals surface area contributed by atoms with E-state index >= 15 is 0 Å². The fraction of sp³-hybridized carbons (Fsp3) is 0.692. The lowest BCUT2D eigenvalue weighted by Gasteiger charge is -2.32. The Morgan fingerprint density at radius 3 is 2.84 bits per heavy atom. The lowest BCUT2D eigenvalue weighted by atomic mass is 10.0. The van der Waals surface area contributed by atoms with Crippen molar-refractivity contribution in [3.63, 3.8) is 0 Å². The van der Waals surface area contributed by atoms with E-state index in [4.69, 9.17) is 5.73 Å². The molecular weight excluding hydrogens is 244 g/mol. The average molecular weight is 264 g/mol. The molecule has 6 nitrogen and oxygen atoms in total. The molecule has 0 bridgehead atoms. The molecule has 4 N–H and O–H groups in total. The number of hydrogen-bond acceptors (Lipinski definition) is 3. The Labute approximate surface area is 112 Å². The maximum Gasteiger partial charge on any atom is 0.408 e. The van der Waals surface area contributed by atoms with Gasteiger partial charge in [0, 0.05) is 23.6 Å². The summed E-state index contributed by atoms with van der Waals surface area (Å²) in [6.45, 7) is 2.04. The molecule has 3 rings (SSSR count). The smallest absolute Gasteiger partial charge is 0.408 e. The van der Waals surface area contributed by atoms with Crippen LogP contribution in [0, 0.1) is 0 Å². The molecule has 0 radical (unpaired) electrons. The zero-order chi connectivity index (χ0) is 13.6. The van der Waals surface area contributed by atoms with Crippen molar-refractivity contribution >= 4 is 11.9 Å². The first kappa shape index (κ1) is 12.3. The summed E-state index contributed by atoms with van der Waals surface area (Å²) in [7, 11) is 0. The lowest BCUT2D eigenvalue weighted by Crippen LogP contribution is -2.45. The Bertz CT molecular complexity index is 495. The van der Waals surface area contributed by atoms with Crippen LogP contribution in [-0.2, 0) is 0 Å². The van der Waals surface area contributed by atoms with Gasteiger partial charge in [0.15, 0.2) is 0 Å². The Hall–Kier alpha value is -1.72. The van der Waals surface area contributed by atoms with E-state index in [0.717, 1.165) is 37.8 Å². The molecule has 0 aromatic carbocycles. The summed E-state index contributed by atoms with van der Waals surface area (Å²) in [5, 5.41) is 16.4. The van der Waals surface area contributed by atoms with Crippen molar-refractivity contribution in [3.8, 4) is 0 Å². The van der Waals surface area contributed by atoms with Gasteiger partial charge in [0.25, 0.3) is 0 Å². The Kier molecular flexibility index (Phi) is 2.69. The number of aromatic nitrogens is 2. The topological polar surface area (TPSA) is 95.2 Å². The van der Waals surface area contributed by atoms with E-state index in [2.05, 4.69) is 10.2 Å². The van der Waals surface area contributed by atoms with Crippen LogP contribution in [0.5, 0.6) is 0 Å². The van der Waals surface area contributed by atoms with Gasteiger partial charge in [0.05, 0.1) is 5.69 Å². The minimum Gasteiger partial charge on any atom is -0.465 e. The summed E-state index contributed by atoms with van der Waals surface area (Å²) in [5.74, 6) is 0.894. The molecule has 0 spiro atoms. The van der Waals surface area contributed by atoms with Gasteiger partial charge in [-0.05, 0) is 39.0 Å². The highest BCUT2D eigenvalue weighted by Crippen LogP contribution is 2.47. The molecule has 0 saturated heterocycles. The quantitative estimate of drug-likeness (QED) is 0.779. The van der Waals surface area contributed by atoms with Crippen LogP contribution in [0.1, 0.15) is 50.6 Å². The number of nitrogens with two attached hydrogens (primary N) is 1. The van der Waals surface area contributed by atoms with Gasteiger partial charge >= 0.3 is 6.09 Å². The number of anilines is 1.